The molecule has 0 aliphatic heterocycles. The van der Waals surface area contributed by atoms with Gasteiger partial charge in [0.25, 0.3) is 0 Å². The van der Waals surface area contributed by atoms with Crippen LogP contribution in [-0.4, -0.2) is 12.8 Å². The highest BCUT2D eigenvalue weighted by atomic mass is 14.7. The van der Waals surface area contributed by atoms with Gasteiger partial charge in [0.15, 0.2) is 0 Å². The van der Waals surface area contributed by atoms with E-state index in [2.05, 4.69) is 18.8 Å². The summed E-state index contributed by atoms with van der Waals surface area (Å²) in [6.07, 6.45) is 0. The second-order valence-electron chi connectivity index (χ2n) is 3.08. The van der Waals surface area contributed by atoms with Crippen molar-refractivity contribution in [3.05, 3.63) is 23.4 Å². The quantitative estimate of drug-likeness (QED) is 0.543. The third-order valence-corrected chi connectivity index (χ3v) is 1.72. The van der Waals surface area contributed by atoms with Gasteiger partial charge >= 0.3 is 0 Å². The Hall–Kier alpha value is -0.785. The van der Waals surface area contributed by atoms with Crippen molar-refractivity contribution >= 4 is 13.4 Å². The molecule has 0 amide bonds. The number of pyridine rings is 1. The van der Waals surface area contributed by atoms with Crippen molar-refractivity contribution in [2.45, 2.75) is 26.7 Å². The Labute approximate surface area is 69.3 Å². The van der Waals surface area contributed by atoms with Crippen LogP contribution in [0.15, 0.2) is 12.1 Å². The van der Waals surface area contributed by atoms with Crippen molar-refractivity contribution in [3.8, 4) is 0 Å². The molecule has 1 rings (SSSR count). The molecule has 0 atom stereocenters. The van der Waals surface area contributed by atoms with E-state index in [1.54, 1.807) is 0 Å². The Bertz CT molecular complexity index is 256. The molecule has 0 aliphatic carbocycles. The second-order valence-corrected chi connectivity index (χ2v) is 3.08. The van der Waals surface area contributed by atoms with Crippen LogP contribution in [0, 0.1) is 6.92 Å². The molecule has 0 saturated heterocycles. The van der Waals surface area contributed by atoms with Crippen LogP contribution in [-0.2, 0) is 0 Å². The number of rotatable bonds is 1. The minimum Gasteiger partial charge on any atom is -0.269 e. The summed E-state index contributed by atoms with van der Waals surface area (Å²) in [6.45, 7) is 6.17. The van der Waals surface area contributed by atoms with Gasteiger partial charge in [-0.05, 0) is 30.1 Å². The van der Waals surface area contributed by atoms with E-state index < -0.39 is 0 Å². The molecule has 0 aromatic carbocycles. The normalized spacial score (nSPS) is 10.5. The molecule has 2 radical (unpaired) electrons. The molecule has 0 unspecified atom stereocenters. The Balaban J connectivity index is 3.09. The van der Waals surface area contributed by atoms with Crippen molar-refractivity contribution in [1.29, 1.82) is 0 Å². The lowest BCUT2D eigenvalue weighted by Crippen LogP contribution is -2.16. The van der Waals surface area contributed by atoms with E-state index in [0.717, 1.165) is 11.3 Å². The molecule has 1 nitrogen and oxygen atoms in total. The van der Waals surface area contributed by atoms with Gasteiger partial charge in [0.2, 0.25) is 0 Å². The van der Waals surface area contributed by atoms with Gasteiger partial charge in [-0.2, -0.15) is 0 Å². The van der Waals surface area contributed by atoms with Gasteiger partial charge in [-0.1, -0.05) is 19.9 Å². The van der Waals surface area contributed by atoms with Gasteiger partial charge in [-0.25, -0.2) is 0 Å². The average molecular weight is 145 g/mol. The molecule has 2 heteroatoms. The first-order chi connectivity index (χ1) is 5.11. The first-order valence-electron chi connectivity index (χ1n) is 3.84. The molecule has 0 bridgehead atoms. The SMILES string of the molecule is [B]c1nc(C)ccc1C(C)C. The fraction of sp³-hybridized carbons (Fsp3) is 0.444. The third kappa shape index (κ3) is 1.82. The highest BCUT2D eigenvalue weighted by Crippen LogP contribution is 2.09. The lowest BCUT2D eigenvalue weighted by molar-refractivity contribution is 0.866. The molecule has 0 aliphatic rings. The standard InChI is InChI=1S/C9H12BN/c1-6(2)8-5-4-7(3)11-9(8)10/h4-6H,1-3H3. The molecule has 0 fully saturated rings. The van der Waals surface area contributed by atoms with Gasteiger partial charge in [0.1, 0.15) is 7.85 Å². The summed E-state index contributed by atoms with van der Waals surface area (Å²) in [5, 5.41) is 0. The van der Waals surface area contributed by atoms with Crippen LogP contribution in [0.4, 0.5) is 0 Å². The number of hydrogen-bond donors (Lipinski definition) is 0. The molecule has 0 spiro atoms. The maximum Gasteiger partial charge on any atom is 0.142 e. The monoisotopic (exact) mass is 145 g/mol. The molecular weight excluding hydrogens is 133 g/mol. The summed E-state index contributed by atoms with van der Waals surface area (Å²) in [5.41, 5.74) is 2.78. The molecule has 11 heavy (non-hydrogen) atoms. The number of nitrogens with zero attached hydrogens (tertiary/aromatic N) is 1. The molecule has 56 valence electrons. The number of hydrogen-bond acceptors (Lipinski definition) is 1. The molecule has 1 aromatic rings. The summed E-state index contributed by atoms with van der Waals surface area (Å²) < 4.78 is 0. The van der Waals surface area contributed by atoms with Crippen LogP contribution in [0.2, 0.25) is 0 Å². The highest BCUT2D eigenvalue weighted by molar-refractivity contribution is 6.31. The maximum absolute atomic E-state index is 5.71. The van der Waals surface area contributed by atoms with Gasteiger partial charge in [-0.15, -0.1) is 0 Å². The molecule has 1 heterocycles. The zero-order valence-electron chi connectivity index (χ0n) is 7.26. The Morgan fingerprint density at radius 3 is 2.45 bits per heavy atom. The van der Waals surface area contributed by atoms with Crippen LogP contribution < -0.4 is 5.59 Å². The molecule has 0 saturated carbocycles. The van der Waals surface area contributed by atoms with Crippen molar-refractivity contribution in [1.82, 2.24) is 4.98 Å². The predicted molar refractivity (Wildman–Crippen MR) is 48.5 cm³/mol. The summed E-state index contributed by atoms with van der Waals surface area (Å²) >= 11 is 0. The topological polar surface area (TPSA) is 12.9 Å². The fourth-order valence-corrected chi connectivity index (χ4v) is 1.08. The minimum absolute atomic E-state index is 0.461. The van der Waals surface area contributed by atoms with Crippen LogP contribution in [0.5, 0.6) is 0 Å². The fourth-order valence-electron chi connectivity index (χ4n) is 1.08. The van der Waals surface area contributed by atoms with Crippen LogP contribution in [0.25, 0.3) is 0 Å². The van der Waals surface area contributed by atoms with E-state index in [1.807, 2.05) is 19.1 Å². The summed E-state index contributed by atoms with van der Waals surface area (Å²) in [6, 6.07) is 4.04. The zero-order chi connectivity index (χ0) is 8.43. The Morgan fingerprint density at radius 1 is 1.36 bits per heavy atom. The van der Waals surface area contributed by atoms with E-state index in [-0.39, 0.29) is 0 Å². The van der Waals surface area contributed by atoms with Crippen LogP contribution >= 0.6 is 0 Å². The number of aryl methyl sites for hydroxylation is 1. The lowest BCUT2D eigenvalue weighted by atomic mass is 9.90. The van der Waals surface area contributed by atoms with E-state index >= 15 is 0 Å². The Kier molecular flexibility index (Phi) is 2.33. The largest absolute Gasteiger partial charge is 0.269 e. The van der Waals surface area contributed by atoms with Crippen molar-refractivity contribution in [2.24, 2.45) is 0 Å². The first-order valence-corrected chi connectivity index (χ1v) is 3.84. The van der Waals surface area contributed by atoms with Crippen LogP contribution in [0.1, 0.15) is 31.0 Å². The summed E-state index contributed by atoms with van der Waals surface area (Å²) in [4.78, 5) is 4.17. The number of aromatic nitrogens is 1. The first kappa shape index (κ1) is 8.31. The average Bonchev–Trinajstić information content (AvgIpc) is 1.85. The van der Waals surface area contributed by atoms with Crippen LogP contribution in [0.3, 0.4) is 0 Å². The lowest BCUT2D eigenvalue weighted by Gasteiger charge is -2.08. The third-order valence-electron chi connectivity index (χ3n) is 1.72. The zero-order valence-corrected chi connectivity index (χ0v) is 7.26. The molecule has 1 aromatic heterocycles. The van der Waals surface area contributed by atoms with Gasteiger partial charge in [0, 0.05) is 5.69 Å². The van der Waals surface area contributed by atoms with E-state index in [0.29, 0.717) is 11.5 Å². The minimum atomic E-state index is 0.461. The summed E-state index contributed by atoms with van der Waals surface area (Å²) in [5.74, 6) is 0.461. The summed E-state index contributed by atoms with van der Waals surface area (Å²) in [7, 11) is 5.71. The smallest absolute Gasteiger partial charge is 0.142 e. The molecular formula is C9H12BN. The predicted octanol–water partition coefficient (Wildman–Crippen LogP) is 1.31. The van der Waals surface area contributed by atoms with Crippen molar-refractivity contribution in [2.75, 3.05) is 0 Å². The highest BCUT2D eigenvalue weighted by Gasteiger charge is 2.02. The van der Waals surface area contributed by atoms with Crippen molar-refractivity contribution in [3.63, 3.8) is 0 Å². The molecule has 0 N–H and O–H groups in total. The van der Waals surface area contributed by atoms with E-state index in [4.69, 9.17) is 7.85 Å². The van der Waals surface area contributed by atoms with Gasteiger partial charge in [0.05, 0.1) is 0 Å². The van der Waals surface area contributed by atoms with E-state index in [1.165, 1.54) is 0 Å². The van der Waals surface area contributed by atoms with Gasteiger partial charge < -0.3 is 0 Å². The van der Waals surface area contributed by atoms with Crippen molar-refractivity contribution < 1.29 is 0 Å². The second kappa shape index (κ2) is 3.08. The van der Waals surface area contributed by atoms with Gasteiger partial charge in [-0.3, -0.25) is 4.98 Å². The Morgan fingerprint density at radius 2 is 2.00 bits per heavy atom. The maximum atomic E-state index is 5.71. The van der Waals surface area contributed by atoms with E-state index in [9.17, 15) is 0 Å².